The standard InChI is InChI=1S/C19H16Cl2O3/c1-2-3-10-23-19(22)24-18-13-7-5-8-15(20)14(13)11-12-6-4-9-16(21)17(12)18/h4-9,11H,2-3,10H2,1H3. The van der Waals surface area contributed by atoms with Crippen molar-refractivity contribution >= 4 is 50.9 Å². The number of carbonyl (C=O) groups is 1. The Morgan fingerprint density at radius 3 is 2.58 bits per heavy atom. The lowest BCUT2D eigenvalue weighted by molar-refractivity contribution is 0.0988. The van der Waals surface area contributed by atoms with Gasteiger partial charge in [-0.25, -0.2) is 4.79 Å². The van der Waals surface area contributed by atoms with Gasteiger partial charge in [-0.1, -0.05) is 60.8 Å². The minimum atomic E-state index is -0.739. The molecule has 5 heteroatoms. The number of hydrogen-bond donors (Lipinski definition) is 0. The zero-order chi connectivity index (χ0) is 17.1. The second-order valence-corrected chi connectivity index (χ2v) is 6.25. The molecule has 3 nitrogen and oxygen atoms in total. The first-order valence-electron chi connectivity index (χ1n) is 7.76. The summed E-state index contributed by atoms with van der Waals surface area (Å²) < 4.78 is 10.6. The highest BCUT2D eigenvalue weighted by Gasteiger charge is 2.17. The summed E-state index contributed by atoms with van der Waals surface area (Å²) >= 11 is 12.7. The Kier molecular flexibility index (Phi) is 5.12. The maximum atomic E-state index is 12.1. The zero-order valence-electron chi connectivity index (χ0n) is 13.1. The second-order valence-electron chi connectivity index (χ2n) is 5.43. The molecule has 0 atom stereocenters. The van der Waals surface area contributed by atoms with Gasteiger partial charge in [0.1, 0.15) is 0 Å². The Morgan fingerprint density at radius 2 is 1.79 bits per heavy atom. The van der Waals surface area contributed by atoms with Crippen LogP contribution in [0.15, 0.2) is 42.5 Å². The van der Waals surface area contributed by atoms with Crippen molar-refractivity contribution in [3.8, 4) is 5.75 Å². The molecule has 0 spiro atoms. The Morgan fingerprint density at radius 1 is 1.04 bits per heavy atom. The zero-order valence-corrected chi connectivity index (χ0v) is 14.7. The van der Waals surface area contributed by atoms with Crippen LogP contribution >= 0.6 is 23.2 Å². The molecule has 3 aromatic carbocycles. The molecule has 0 aromatic heterocycles. The number of fused-ring (bicyclic) bond motifs is 2. The topological polar surface area (TPSA) is 35.5 Å². The summed E-state index contributed by atoms with van der Waals surface area (Å²) in [6.07, 6.45) is 0.987. The average Bonchev–Trinajstić information content (AvgIpc) is 2.56. The fourth-order valence-electron chi connectivity index (χ4n) is 2.59. The molecule has 0 aliphatic carbocycles. The van der Waals surface area contributed by atoms with Crippen molar-refractivity contribution < 1.29 is 14.3 Å². The van der Waals surface area contributed by atoms with Crippen LogP contribution < -0.4 is 4.74 Å². The van der Waals surface area contributed by atoms with Crippen molar-refractivity contribution in [2.45, 2.75) is 19.8 Å². The van der Waals surface area contributed by atoms with Crippen molar-refractivity contribution in [1.29, 1.82) is 0 Å². The number of carbonyl (C=O) groups excluding carboxylic acids is 1. The molecule has 0 bridgehead atoms. The monoisotopic (exact) mass is 362 g/mol. The van der Waals surface area contributed by atoms with E-state index >= 15 is 0 Å². The third kappa shape index (κ3) is 3.28. The van der Waals surface area contributed by atoms with Crippen LogP contribution in [-0.4, -0.2) is 12.8 Å². The molecule has 0 heterocycles. The smallest absolute Gasteiger partial charge is 0.434 e. The highest BCUT2D eigenvalue weighted by Crippen LogP contribution is 2.41. The van der Waals surface area contributed by atoms with Crippen molar-refractivity contribution in [2.75, 3.05) is 6.61 Å². The number of halogens is 2. The molecule has 124 valence electrons. The first-order valence-corrected chi connectivity index (χ1v) is 8.51. The highest BCUT2D eigenvalue weighted by molar-refractivity contribution is 6.39. The molecule has 0 unspecified atom stereocenters. The van der Waals surface area contributed by atoms with Gasteiger partial charge in [-0.2, -0.15) is 0 Å². The van der Waals surface area contributed by atoms with E-state index in [1.165, 1.54) is 0 Å². The highest BCUT2D eigenvalue weighted by atomic mass is 35.5. The average molecular weight is 363 g/mol. The quantitative estimate of drug-likeness (QED) is 0.226. The van der Waals surface area contributed by atoms with Gasteiger partial charge in [0.15, 0.2) is 5.75 Å². The summed E-state index contributed by atoms with van der Waals surface area (Å²) in [4.78, 5) is 12.1. The van der Waals surface area contributed by atoms with E-state index in [1.807, 2.05) is 37.3 Å². The molecule has 0 fully saturated rings. The normalized spacial score (nSPS) is 11.0. The molecule has 0 amide bonds. The van der Waals surface area contributed by atoms with Gasteiger partial charge in [0.2, 0.25) is 0 Å². The van der Waals surface area contributed by atoms with Crippen LogP contribution in [0.1, 0.15) is 19.8 Å². The SMILES string of the molecule is CCCCOC(=O)Oc1c2cccc(Cl)c2cc2cccc(Cl)c12. The maximum absolute atomic E-state index is 12.1. The molecule has 0 aliphatic rings. The first kappa shape index (κ1) is 16.9. The minimum Gasteiger partial charge on any atom is -0.434 e. The third-order valence-corrected chi connectivity index (χ3v) is 4.42. The lowest BCUT2D eigenvalue weighted by Gasteiger charge is -2.13. The van der Waals surface area contributed by atoms with Gasteiger partial charge in [-0.05, 0) is 30.0 Å². The third-order valence-electron chi connectivity index (χ3n) is 3.77. The fraction of sp³-hybridized carbons (Fsp3) is 0.211. The van der Waals surface area contributed by atoms with Gasteiger partial charge in [0.25, 0.3) is 0 Å². The summed E-state index contributed by atoms with van der Waals surface area (Å²) in [5.74, 6) is 0.372. The molecule has 0 aliphatic heterocycles. The van der Waals surface area contributed by atoms with E-state index in [0.717, 1.165) is 29.0 Å². The number of ether oxygens (including phenoxy) is 2. The number of hydrogen-bond acceptors (Lipinski definition) is 3. The number of unbranched alkanes of at least 4 members (excludes halogenated alkanes) is 1. The number of rotatable bonds is 4. The van der Waals surface area contributed by atoms with Crippen LogP contribution in [0, 0.1) is 0 Å². The van der Waals surface area contributed by atoms with Crippen LogP contribution in [0.5, 0.6) is 5.75 Å². The van der Waals surface area contributed by atoms with Gasteiger partial charge in [0, 0.05) is 21.2 Å². The summed E-state index contributed by atoms with van der Waals surface area (Å²) in [6.45, 7) is 2.35. The predicted molar refractivity (Wildman–Crippen MR) is 98.4 cm³/mol. The van der Waals surface area contributed by atoms with Gasteiger partial charge in [0.05, 0.1) is 11.6 Å². The van der Waals surface area contributed by atoms with E-state index in [0.29, 0.717) is 27.8 Å². The molecular formula is C19H16Cl2O3. The largest absolute Gasteiger partial charge is 0.513 e. The van der Waals surface area contributed by atoms with Crippen molar-refractivity contribution in [3.63, 3.8) is 0 Å². The van der Waals surface area contributed by atoms with Crippen molar-refractivity contribution in [1.82, 2.24) is 0 Å². The fourth-order valence-corrected chi connectivity index (χ4v) is 3.09. The molecular weight excluding hydrogens is 347 g/mol. The van der Waals surface area contributed by atoms with Crippen LogP contribution in [0.4, 0.5) is 4.79 Å². The molecule has 0 saturated carbocycles. The second kappa shape index (κ2) is 7.29. The lowest BCUT2D eigenvalue weighted by atomic mass is 10.0. The molecule has 24 heavy (non-hydrogen) atoms. The summed E-state index contributed by atoms with van der Waals surface area (Å²) in [5.41, 5.74) is 0. The van der Waals surface area contributed by atoms with E-state index in [1.54, 1.807) is 12.1 Å². The summed E-state index contributed by atoms with van der Waals surface area (Å²) in [5, 5.41) is 4.12. The summed E-state index contributed by atoms with van der Waals surface area (Å²) in [6, 6.07) is 12.9. The Balaban J connectivity index is 2.14. The van der Waals surface area contributed by atoms with E-state index in [2.05, 4.69) is 0 Å². The van der Waals surface area contributed by atoms with Crippen LogP contribution in [0.25, 0.3) is 21.5 Å². The van der Waals surface area contributed by atoms with Crippen LogP contribution in [0.3, 0.4) is 0 Å². The van der Waals surface area contributed by atoms with E-state index in [9.17, 15) is 4.79 Å². The Bertz CT molecular complexity index is 906. The van der Waals surface area contributed by atoms with E-state index in [4.69, 9.17) is 32.7 Å². The minimum absolute atomic E-state index is 0.326. The van der Waals surface area contributed by atoms with Gasteiger partial charge in [-0.3, -0.25) is 0 Å². The molecule has 0 radical (unpaired) electrons. The summed E-state index contributed by atoms with van der Waals surface area (Å²) in [7, 11) is 0. The molecule has 3 rings (SSSR count). The Labute approximate surface area is 150 Å². The van der Waals surface area contributed by atoms with Gasteiger partial charge < -0.3 is 9.47 Å². The van der Waals surface area contributed by atoms with Gasteiger partial charge >= 0.3 is 6.16 Å². The first-order chi connectivity index (χ1) is 11.6. The van der Waals surface area contributed by atoms with Crippen molar-refractivity contribution in [3.05, 3.63) is 52.5 Å². The van der Waals surface area contributed by atoms with Crippen LogP contribution in [-0.2, 0) is 4.74 Å². The predicted octanol–water partition coefficient (Wildman–Crippen LogP) is 6.62. The molecule has 0 saturated heterocycles. The van der Waals surface area contributed by atoms with E-state index < -0.39 is 6.16 Å². The van der Waals surface area contributed by atoms with Crippen molar-refractivity contribution in [2.24, 2.45) is 0 Å². The molecule has 0 N–H and O–H groups in total. The number of benzene rings is 3. The Hall–Kier alpha value is -1.97. The lowest BCUT2D eigenvalue weighted by Crippen LogP contribution is -2.12. The van der Waals surface area contributed by atoms with E-state index in [-0.39, 0.29) is 0 Å². The van der Waals surface area contributed by atoms with Gasteiger partial charge in [-0.15, -0.1) is 0 Å². The molecule has 3 aromatic rings. The van der Waals surface area contributed by atoms with Crippen LogP contribution in [0.2, 0.25) is 10.0 Å². The maximum Gasteiger partial charge on any atom is 0.513 e.